The van der Waals surface area contributed by atoms with Gasteiger partial charge in [-0.1, -0.05) is 0 Å². The number of ketones is 1. The van der Waals surface area contributed by atoms with E-state index in [0.29, 0.717) is 30.0 Å². The molecule has 0 aromatic heterocycles. The number of hydrogen-bond acceptors (Lipinski definition) is 8. The molecule has 0 saturated carbocycles. The fourth-order valence-corrected chi connectivity index (χ4v) is 3.73. The highest BCUT2D eigenvalue weighted by atomic mass is 16.5. The van der Waals surface area contributed by atoms with Crippen LogP contribution in [-0.2, 0) is 11.3 Å². The van der Waals surface area contributed by atoms with Gasteiger partial charge in [0.05, 0.1) is 32.9 Å². The van der Waals surface area contributed by atoms with Crippen LogP contribution >= 0.6 is 0 Å². The molecule has 1 amide bonds. The maximum absolute atomic E-state index is 13.1. The molecule has 0 bridgehead atoms. The predicted molar refractivity (Wildman–Crippen MR) is 125 cm³/mol. The molecule has 0 aliphatic carbocycles. The van der Waals surface area contributed by atoms with Gasteiger partial charge >= 0.3 is 5.97 Å². The monoisotopic (exact) mass is 485 g/mol. The summed E-state index contributed by atoms with van der Waals surface area (Å²) in [6, 6.07) is 6.20. The highest BCUT2D eigenvalue weighted by Gasteiger charge is 2.30. The predicted octanol–water partition coefficient (Wildman–Crippen LogP) is 1.95. The van der Waals surface area contributed by atoms with Crippen molar-refractivity contribution in [2.75, 3.05) is 41.0 Å². The van der Waals surface area contributed by atoms with Crippen LogP contribution in [0.2, 0.25) is 0 Å². The molecule has 1 aliphatic heterocycles. The van der Waals surface area contributed by atoms with Crippen molar-refractivity contribution in [2.24, 2.45) is 0 Å². The van der Waals surface area contributed by atoms with Gasteiger partial charge in [0.1, 0.15) is 11.6 Å². The first-order valence-electron chi connectivity index (χ1n) is 10.7. The van der Waals surface area contributed by atoms with Crippen LogP contribution in [0, 0.1) is 5.41 Å². The average Bonchev–Trinajstić information content (AvgIpc) is 3.15. The van der Waals surface area contributed by atoms with E-state index in [0.717, 1.165) is 5.56 Å². The van der Waals surface area contributed by atoms with Crippen LogP contribution in [0.3, 0.4) is 0 Å². The Balaban J connectivity index is 1.86. The van der Waals surface area contributed by atoms with Crippen LogP contribution in [0.4, 0.5) is 0 Å². The summed E-state index contributed by atoms with van der Waals surface area (Å²) in [5.74, 6) is -0.937. The second kappa shape index (κ2) is 10.8. The number of carbonyl (C=O) groups excluding carboxylic acids is 2. The molecule has 35 heavy (non-hydrogen) atoms. The third-order valence-electron chi connectivity index (χ3n) is 5.37. The number of nitrogens with one attached hydrogen (secondary N) is 2. The molecule has 2 aromatic carbocycles. The van der Waals surface area contributed by atoms with Gasteiger partial charge in [-0.2, -0.15) is 0 Å². The zero-order valence-corrected chi connectivity index (χ0v) is 19.9. The van der Waals surface area contributed by atoms with E-state index in [2.05, 4.69) is 5.32 Å². The largest absolute Gasteiger partial charge is 0.493 e. The smallest absolute Gasteiger partial charge is 0.341 e. The van der Waals surface area contributed by atoms with Crippen molar-refractivity contribution >= 4 is 23.5 Å². The first kappa shape index (κ1) is 25.3. The van der Waals surface area contributed by atoms with Gasteiger partial charge in [0.25, 0.3) is 5.91 Å². The molecule has 1 heterocycles. The summed E-state index contributed by atoms with van der Waals surface area (Å²) < 4.78 is 21.4. The Hall–Kier alpha value is -4.28. The Kier molecular flexibility index (Phi) is 7.80. The molecule has 2 aromatic rings. The number of benzene rings is 2. The van der Waals surface area contributed by atoms with Crippen LogP contribution in [-0.4, -0.2) is 74.5 Å². The summed E-state index contributed by atoms with van der Waals surface area (Å²) >= 11 is 0. The van der Waals surface area contributed by atoms with Gasteiger partial charge in [-0.05, 0) is 36.8 Å². The number of rotatable bonds is 11. The minimum absolute atomic E-state index is 0.0699. The Bertz CT molecular complexity index is 1150. The lowest BCUT2D eigenvalue weighted by Gasteiger charge is -2.18. The summed E-state index contributed by atoms with van der Waals surface area (Å²) in [6.45, 7) is 1.76. The number of aliphatic carboxylic acids is 1. The van der Waals surface area contributed by atoms with Crippen LogP contribution < -0.4 is 24.3 Å². The molecule has 0 spiro atoms. The standard InChI is InChI=1S/C24H27N3O8/c1-5-34-18-8-14-10-27(23(25)15(14)9-16(18)24(31)26-2)11-17(28)13-6-19(32-3)22(20(7-13)33-4)35-12-21(29)30/h6-9,25H,5,10-12H2,1-4H3,(H,26,31)(H,29,30). The molecule has 0 saturated heterocycles. The average molecular weight is 485 g/mol. The van der Waals surface area contributed by atoms with Crippen LogP contribution in [0.1, 0.15) is 38.8 Å². The first-order valence-corrected chi connectivity index (χ1v) is 10.7. The maximum Gasteiger partial charge on any atom is 0.341 e. The summed E-state index contributed by atoms with van der Waals surface area (Å²) in [7, 11) is 4.25. The number of amidine groups is 1. The van der Waals surface area contributed by atoms with Crippen molar-refractivity contribution in [3.8, 4) is 23.0 Å². The van der Waals surface area contributed by atoms with Crippen LogP contribution in [0.15, 0.2) is 24.3 Å². The SMILES string of the molecule is CCOc1cc2c(cc1C(=O)NC)C(=N)N(CC(=O)c1cc(OC)c(OCC(=O)O)c(OC)c1)C2. The first-order chi connectivity index (χ1) is 16.7. The number of carboxylic acid groups (broad SMARTS) is 1. The van der Waals surface area contributed by atoms with Gasteiger partial charge in [-0.3, -0.25) is 15.0 Å². The summed E-state index contributed by atoms with van der Waals surface area (Å²) in [4.78, 5) is 37.9. The van der Waals surface area contributed by atoms with Crippen molar-refractivity contribution in [1.29, 1.82) is 5.41 Å². The highest BCUT2D eigenvalue weighted by molar-refractivity contribution is 6.07. The van der Waals surface area contributed by atoms with E-state index >= 15 is 0 Å². The Morgan fingerprint density at radius 1 is 1.06 bits per heavy atom. The van der Waals surface area contributed by atoms with Gasteiger partial charge in [0.15, 0.2) is 23.9 Å². The summed E-state index contributed by atoms with van der Waals surface area (Å²) in [5.41, 5.74) is 1.88. The van der Waals surface area contributed by atoms with E-state index in [1.165, 1.54) is 33.4 Å². The number of fused-ring (bicyclic) bond motifs is 1. The number of ether oxygens (including phenoxy) is 4. The fourth-order valence-electron chi connectivity index (χ4n) is 3.73. The van der Waals surface area contributed by atoms with E-state index in [4.69, 9.17) is 29.5 Å². The lowest BCUT2D eigenvalue weighted by atomic mass is 10.0. The normalized spacial score (nSPS) is 12.1. The molecule has 0 unspecified atom stereocenters. The minimum atomic E-state index is -1.17. The Labute approximate surface area is 202 Å². The minimum Gasteiger partial charge on any atom is -0.493 e. The van der Waals surface area contributed by atoms with E-state index in [-0.39, 0.29) is 46.9 Å². The number of Topliss-reactive ketones (excluding diaryl/α,β-unsaturated/α-hetero) is 1. The number of carboxylic acids is 1. The lowest BCUT2D eigenvalue weighted by molar-refractivity contribution is -0.139. The van der Waals surface area contributed by atoms with Gasteiger partial charge in [0, 0.05) is 24.7 Å². The van der Waals surface area contributed by atoms with E-state index < -0.39 is 12.6 Å². The second-order valence-electron chi connectivity index (χ2n) is 7.54. The zero-order valence-electron chi connectivity index (χ0n) is 19.9. The second-order valence-corrected chi connectivity index (χ2v) is 7.54. The quantitative estimate of drug-likeness (QED) is 0.406. The van der Waals surface area contributed by atoms with E-state index in [1.54, 1.807) is 17.0 Å². The van der Waals surface area contributed by atoms with Gasteiger partial charge in [0.2, 0.25) is 5.75 Å². The summed E-state index contributed by atoms with van der Waals surface area (Å²) in [6.07, 6.45) is 0. The molecule has 0 atom stereocenters. The van der Waals surface area contributed by atoms with Crippen molar-refractivity contribution < 1.29 is 38.4 Å². The topological polar surface area (TPSA) is 147 Å². The molecule has 3 N–H and O–H groups in total. The highest BCUT2D eigenvalue weighted by Crippen LogP contribution is 2.39. The summed E-state index contributed by atoms with van der Waals surface area (Å²) in [5, 5.41) is 20.0. The Morgan fingerprint density at radius 2 is 1.71 bits per heavy atom. The van der Waals surface area contributed by atoms with Gasteiger partial charge in [-0.15, -0.1) is 0 Å². The number of methoxy groups -OCH3 is 2. The van der Waals surface area contributed by atoms with Crippen LogP contribution in [0.25, 0.3) is 0 Å². The van der Waals surface area contributed by atoms with Gasteiger partial charge in [-0.25, -0.2) is 4.79 Å². The Morgan fingerprint density at radius 3 is 2.26 bits per heavy atom. The number of hydrogen-bond donors (Lipinski definition) is 3. The van der Waals surface area contributed by atoms with Crippen molar-refractivity contribution in [1.82, 2.24) is 10.2 Å². The van der Waals surface area contributed by atoms with Crippen molar-refractivity contribution in [3.05, 3.63) is 46.5 Å². The lowest BCUT2D eigenvalue weighted by Crippen LogP contribution is -2.30. The molecule has 11 heteroatoms. The van der Waals surface area contributed by atoms with E-state index in [9.17, 15) is 14.4 Å². The molecule has 11 nitrogen and oxygen atoms in total. The molecule has 3 rings (SSSR count). The van der Waals surface area contributed by atoms with E-state index in [1.807, 2.05) is 6.92 Å². The third-order valence-corrected chi connectivity index (χ3v) is 5.37. The zero-order chi connectivity index (χ0) is 25.7. The molecular weight excluding hydrogens is 458 g/mol. The number of amides is 1. The molecule has 1 aliphatic rings. The maximum atomic E-state index is 13.1. The van der Waals surface area contributed by atoms with Crippen molar-refractivity contribution in [2.45, 2.75) is 13.5 Å². The molecule has 186 valence electrons. The molecular formula is C24H27N3O8. The van der Waals surface area contributed by atoms with Crippen LogP contribution in [0.5, 0.6) is 23.0 Å². The fraction of sp³-hybridized carbons (Fsp3) is 0.333. The van der Waals surface area contributed by atoms with Crippen molar-refractivity contribution in [3.63, 3.8) is 0 Å². The number of carbonyl (C=O) groups is 3. The molecule has 0 radical (unpaired) electrons. The number of nitrogens with zero attached hydrogens (tertiary/aromatic N) is 1. The van der Waals surface area contributed by atoms with Gasteiger partial charge < -0.3 is 34.3 Å². The third kappa shape index (κ3) is 5.29. The molecule has 0 fully saturated rings.